The smallest absolute Gasteiger partial charge is 0.328 e. The van der Waals surface area contributed by atoms with Crippen molar-refractivity contribution in [2.24, 2.45) is 0 Å². The van der Waals surface area contributed by atoms with E-state index in [1.54, 1.807) is 6.07 Å². The summed E-state index contributed by atoms with van der Waals surface area (Å²) >= 11 is 1.38. The zero-order valence-corrected chi connectivity index (χ0v) is 12.6. The molecule has 0 amide bonds. The second-order valence-corrected chi connectivity index (χ2v) is 7.43. The van der Waals surface area contributed by atoms with Gasteiger partial charge in [0.2, 0.25) is 0 Å². The monoisotopic (exact) mass is 316 g/mol. The number of nitrogens with one attached hydrogen (secondary N) is 1. The highest BCUT2D eigenvalue weighted by Gasteiger charge is 2.29. The maximum atomic E-state index is 11.9. The molecule has 0 aliphatic heterocycles. The molecule has 0 atom stereocenters. The fourth-order valence-corrected chi connectivity index (χ4v) is 3.51. The Bertz CT molecular complexity index is 617. The molecule has 1 aromatic heterocycles. The van der Waals surface area contributed by atoms with Gasteiger partial charge in [-0.1, -0.05) is 0 Å². The Hall–Kier alpha value is -1.22. The molecule has 0 saturated heterocycles. The molecule has 8 heteroatoms. The summed E-state index contributed by atoms with van der Waals surface area (Å²) in [5, 5.41) is 10.4. The van der Waals surface area contributed by atoms with Gasteiger partial charge in [0.05, 0.1) is 0 Å². The normalized spacial score (nSPS) is 16.1. The third-order valence-corrected chi connectivity index (χ3v) is 5.30. The first kappa shape index (κ1) is 15.2. The van der Waals surface area contributed by atoms with Gasteiger partial charge in [0.15, 0.2) is 0 Å². The molecule has 2 rings (SSSR count). The summed E-state index contributed by atoms with van der Waals surface area (Å²) in [4.78, 5) is 11.2. The van der Waals surface area contributed by atoms with Crippen molar-refractivity contribution in [3.8, 4) is 0 Å². The molecule has 2 N–H and O–H groups in total. The van der Waals surface area contributed by atoms with Crippen LogP contribution in [0, 0.1) is 0 Å². The van der Waals surface area contributed by atoms with E-state index in [1.807, 2.05) is 5.38 Å². The van der Waals surface area contributed by atoms with E-state index in [9.17, 15) is 13.2 Å². The first-order valence-electron chi connectivity index (χ1n) is 6.09. The van der Waals surface area contributed by atoms with Crippen LogP contribution in [0.5, 0.6) is 0 Å². The third kappa shape index (κ3) is 4.41. The number of nitrogens with zero attached hydrogens (tertiary/aromatic N) is 1. The standard InChI is InChI=1S/C12H16N2O4S2/c1-14(20(17,18)13-10-2-3-10)7-9-6-11(19-8-9)4-5-12(15)16/h4-6,8,10,13H,2-3,7H2,1H3,(H,15,16)/b5-4+. The average molecular weight is 316 g/mol. The maximum absolute atomic E-state index is 11.9. The number of carbonyl (C=O) groups is 1. The van der Waals surface area contributed by atoms with Gasteiger partial charge in [0.1, 0.15) is 0 Å². The van der Waals surface area contributed by atoms with Gasteiger partial charge in [-0.2, -0.15) is 17.4 Å². The fourth-order valence-electron chi connectivity index (χ4n) is 1.56. The van der Waals surface area contributed by atoms with E-state index in [0.717, 1.165) is 29.4 Å². The maximum Gasteiger partial charge on any atom is 0.328 e. The van der Waals surface area contributed by atoms with Crippen molar-refractivity contribution in [2.75, 3.05) is 7.05 Å². The van der Waals surface area contributed by atoms with Gasteiger partial charge >= 0.3 is 5.97 Å². The summed E-state index contributed by atoms with van der Waals surface area (Å²) in [6.45, 7) is 0.263. The van der Waals surface area contributed by atoms with E-state index in [-0.39, 0.29) is 12.6 Å². The molecule has 1 aromatic rings. The third-order valence-electron chi connectivity index (χ3n) is 2.77. The average Bonchev–Trinajstić information content (AvgIpc) is 3.03. The predicted octanol–water partition coefficient (Wildman–Crippen LogP) is 1.27. The Balaban J connectivity index is 1.97. The van der Waals surface area contributed by atoms with Gasteiger partial charge in [-0.05, 0) is 35.9 Å². The van der Waals surface area contributed by atoms with Crippen LogP contribution < -0.4 is 4.72 Å². The number of rotatable bonds is 7. The molecule has 1 aliphatic carbocycles. The van der Waals surface area contributed by atoms with Crippen LogP contribution in [0.25, 0.3) is 6.08 Å². The van der Waals surface area contributed by atoms with Gasteiger partial charge in [-0.25, -0.2) is 4.79 Å². The predicted molar refractivity (Wildman–Crippen MR) is 77.5 cm³/mol. The molecule has 6 nitrogen and oxygen atoms in total. The van der Waals surface area contributed by atoms with Gasteiger partial charge in [0.25, 0.3) is 10.2 Å². The molecule has 1 fully saturated rings. The lowest BCUT2D eigenvalue weighted by molar-refractivity contribution is -0.131. The number of hydrogen-bond acceptors (Lipinski definition) is 4. The Morgan fingerprint density at radius 2 is 2.30 bits per heavy atom. The van der Waals surface area contributed by atoms with Crippen molar-refractivity contribution in [1.29, 1.82) is 0 Å². The van der Waals surface area contributed by atoms with Crippen LogP contribution in [0.2, 0.25) is 0 Å². The van der Waals surface area contributed by atoms with Crippen molar-refractivity contribution in [1.82, 2.24) is 9.03 Å². The van der Waals surface area contributed by atoms with Crippen LogP contribution in [0.4, 0.5) is 0 Å². The highest BCUT2D eigenvalue weighted by Crippen LogP contribution is 2.22. The lowest BCUT2D eigenvalue weighted by Gasteiger charge is -2.16. The van der Waals surface area contributed by atoms with E-state index in [1.165, 1.54) is 28.8 Å². The van der Waals surface area contributed by atoms with E-state index in [2.05, 4.69) is 4.72 Å². The molecule has 1 heterocycles. The van der Waals surface area contributed by atoms with Crippen LogP contribution in [0.15, 0.2) is 17.5 Å². The largest absolute Gasteiger partial charge is 0.478 e. The molecule has 0 bridgehead atoms. The Kier molecular flexibility index (Phi) is 4.59. The highest BCUT2D eigenvalue weighted by atomic mass is 32.2. The molecule has 1 aliphatic rings. The second kappa shape index (κ2) is 6.04. The lowest BCUT2D eigenvalue weighted by Crippen LogP contribution is -2.38. The van der Waals surface area contributed by atoms with Crippen molar-refractivity contribution < 1.29 is 18.3 Å². The zero-order valence-electron chi connectivity index (χ0n) is 10.9. The Morgan fingerprint density at radius 1 is 1.60 bits per heavy atom. The topological polar surface area (TPSA) is 86.7 Å². The van der Waals surface area contributed by atoms with Crippen LogP contribution in [0.3, 0.4) is 0 Å². The quantitative estimate of drug-likeness (QED) is 0.742. The van der Waals surface area contributed by atoms with E-state index < -0.39 is 16.2 Å². The van der Waals surface area contributed by atoms with Gasteiger partial charge in [0, 0.05) is 30.6 Å². The Labute approximate surface area is 121 Å². The van der Waals surface area contributed by atoms with Crippen molar-refractivity contribution in [3.63, 3.8) is 0 Å². The lowest BCUT2D eigenvalue weighted by atomic mass is 10.3. The number of carboxylic acids is 1. The molecule has 0 unspecified atom stereocenters. The minimum absolute atomic E-state index is 0.0824. The van der Waals surface area contributed by atoms with Crippen molar-refractivity contribution >= 4 is 33.6 Å². The molecule has 20 heavy (non-hydrogen) atoms. The fraction of sp³-hybridized carbons (Fsp3) is 0.417. The van der Waals surface area contributed by atoms with E-state index in [4.69, 9.17) is 5.11 Å². The Morgan fingerprint density at radius 3 is 2.90 bits per heavy atom. The van der Waals surface area contributed by atoms with Crippen molar-refractivity contribution in [2.45, 2.75) is 25.4 Å². The summed E-state index contributed by atoms with van der Waals surface area (Å²) in [7, 11) is -1.91. The van der Waals surface area contributed by atoms with Gasteiger partial charge < -0.3 is 5.11 Å². The summed E-state index contributed by atoms with van der Waals surface area (Å²) in [5.74, 6) is -1.01. The summed E-state index contributed by atoms with van der Waals surface area (Å²) in [6.07, 6.45) is 4.35. The zero-order chi connectivity index (χ0) is 14.8. The second-order valence-electron chi connectivity index (χ2n) is 4.68. The van der Waals surface area contributed by atoms with Crippen LogP contribution in [0.1, 0.15) is 23.3 Å². The van der Waals surface area contributed by atoms with Gasteiger partial charge in [-0.3, -0.25) is 0 Å². The van der Waals surface area contributed by atoms with Crippen molar-refractivity contribution in [3.05, 3.63) is 28.0 Å². The molecule has 0 spiro atoms. The molecule has 1 saturated carbocycles. The number of carboxylic acid groups (broad SMARTS) is 1. The van der Waals surface area contributed by atoms with E-state index in [0.29, 0.717) is 0 Å². The summed E-state index contributed by atoms with van der Waals surface area (Å²) in [6, 6.07) is 1.87. The van der Waals surface area contributed by atoms with Crippen LogP contribution in [-0.4, -0.2) is 36.9 Å². The SMILES string of the molecule is CN(Cc1csc(/C=C/C(=O)O)c1)S(=O)(=O)NC1CC1. The highest BCUT2D eigenvalue weighted by molar-refractivity contribution is 7.87. The van der Waals surface area contributed by atoms with Crippen LogP contribution >= 0.6 is 11.3 Å². The number of aliphatic carboxylic acids is 1. The molecule has 110 valence electrons. The molecule has 0 radical (unpaired) electrons. The van der Waals surface area contributed by atoms with Crippen LogP contribution in [-0.2, 0) is 21.5 Å². The molecular formula is C12H16N2O4S2. The minimum atomic E-state index is -3.44. The molecule has 0 aromatic carbocycles. The summed E-state index contributed by atoms with van der Waals surface area (Å²) in [5.41, 5.74) is 0.837. The first-order chi connectivity index (χ1) is 9.37. The number of thiophene rings is 1. The minimum Gasteiger partial charge on any atom is -0.478 e. The number of hydrogen-bond donors (Lipinski definition) is 2. The van der Waals surface area contributed by atoms with Gasteiger partial charge in [-0.15, -0.1) is 11.3 Å². The van der Waals surface area contributed by atoms with E-state index >= 15 is 0 Å². The summed E-state index contributed by atoms with van der Waals surface area (Å²) < 4.78 is 27.7. The first-order valence-corrected chi connectivity index (χ1v) is 8.41. The molecular weight excluding hydrogens is 300 g/mol.